The predicted octanol–water partition coefficient (Wildman–Crippen LogP) is 1.77. The van der Waals surface area contributed by atoms with E-state index in [4.69, 9.17) is 17.3 Å². The third-order valence-electron chi connectivity index (χ3n) is 5.86. The van der Waals surface area contributed by atoms with Crippen molar-refractivity contribution in [3.05, 3.63) is 29.8 Å². The summed E-state index contributed by atoms with van der Waals surface area (Å²) in [6, 6.07) is 2.56. The topological polar surface area (TPSA) is 119 Å². The van der Waals surface area contributed by atoms with Gasteiger partial charge < -0.3 is 20.7 Å². The van der Waals surface area contributed by atoms with E-state index in [1.807, 2.05) is 0 Å². The molecule has 1 aromatic carbocycles. The molecule has 3 atom stereocenters. The van der Waals surface area contributed by atoms with Crippen LogP contribution in [0, 0.1) is 0 Å². The fourth-order valence-electron chi connectivity index (χ4n) is 4.03. The first-order valence-electron chi connectivity index (χ1n) is 10.3. The highest BCUT2D eigenvalue weighted by molar-refractivity contribution is 6.33. The second-order valence-corrected chi connectivity index (χ2v) is 8.83. The maximum Gasteiger partial charge on any atom is 0.573 e. The second kappa shape index (κ2) is 9.20. The normalized spacial score (nSPS) is 21.1. The second-order valence-electron chi connectivity index (χ2n) is 8.17. The smallest absolute Gasteiger partial charge is 0.406 e. The molecule has 0 spiro atoms. The number of hydrogen-bond acceptors (Lipinski definition) is 5. The number of nitrogens with zero attached hydrogens (tertiary/aromatic N) is 1. The Hall–Kier alpha value is -2.82. The number of Topliss-reactive ketones (excluding diaryl/α,β-unsaturated/α-hetero) is 1. The van der Waals surface area contributed by atoms with Crippen molar-refractivity contribution in [2.45, 2.75) is 61.8 Å². The van der Waals surface area contributed by atoms with Crippen molar-refractivity contribution in [3.63, 3.8) is 0 Å². The van der Waals surface area contributed by atoms with Crippen LogP contribution in [0.15, 0.2) is 24.3 Å². The molecule has 1 aliphatic heterocycles. The van der Waals surface area contributed by atoms with Crippen molar-refractivity contribution < 1.29 is 37.1 Å². The number of rotatable bonds is 8. The highest BCUT2D eigenvalue weighted by Gasteiger charge is 2.55. The van der Waals surface area contributed by atoms with Crippen LogP contribution in [0.2, 0.25) is 0 Å². The molecule has 3 N–H and O–H groups in total. The van der Waals surface area contributed by atoms with E-state index < -0.39 is 52.6 Å². The minimum atomic E-state index is -4.82. The highest BCUT2D eigenvalue weighted by atomic mass is 35.5. The molecule has 8 nitrogen and oxygen atoms in total. The fourth-order valence-corrected chi connectivity index (χ4v) is 4.16. The molecule has 1 heterocycles. The maximum absolute atomic E-state index is 13.4. The van der Waals surface area contributed by atoms with Gasteiger partial charge in [-0.1, -0.05) is 12.1 Å². The quantitative estimate of drug-likeness (QED) is 0.426. The van der Waals surface area contributed by atoms with Crippen LogP contribution >= 0.6 is 11.6 Å². The molecule has 1 saturated heterocycles. The van der Waals surface area contributed by atoms with Gasteiger partial charge in [0.05, 0.1) is 10.8 Å². The summed E-state index contributed by atoms with van der Waals surface area (Å²) in [5.41, 5.74) is 4.81. The number of amides is 3. The predicted molar refractivity (Wildman–Crippen MR) is 110 cm³/mol. The molecule has 2 aliphatic rings. The number of benzene rings is 1. The Morgan fingerprint density at radius 2 is 1.82 bits per heavy atom. The van der Waals surface area contributed by atoms with E-state index in [0.717, 1.165) is 12.1 Å². The van der Waals surface area contributed by atoms with E-state index >= 15 is 0 Å². The van der Waals surface area contributed by atoms with Crippen molar-refractivity contribution in [1.82, 2.24) is 10.2 Å². The number of likely N-dealkylation sites (tertiary alicyclic amines) is 1. The Kier molecular flexibility index (Phi) is 6.92. The summed E-state index contributed by atoms with van der Waals surface area (Å²) >= 11 is 5.73. The summed E-state index contributed by atoms with van der Waals surface area (Å²) in [5.74, 6) is -3.24. The maximum atomic E-state index is 13.4. The third kappa shape index (κ3) is 5.40. The van der Waals surface area contributed by atoms with Crippen LogP contribution in [-0.2, 0) is 24.6 Å². The fraction of sp³-hybridized carbons (Fsp3) is 0.524. The lowest BCUT2D eigenvalue weighted by Crippen LogP contribution is -2.57. The number of hydrogen-bond donors (Lipinski definition) is 2. The van der Waals surface area contributed by atoms with Crippen molar-refractivity contribution in [2.75, 3.05) is 6.54 Å². The minimum absolute atomic E-state index is 0.287. The first-order valence-corrected chi connectivity index (χ1v) is 10.7. The van der Waals surface area contributed by atoms with Crippen molar-refractivity contribution in [3.8, 4) is 5.75 Å². The molecular weight excluding hydrogens is 467 g/mol. The lowest BCUT2D eigenvalue weighted by Gasteiger charge is -2.29. The molecule has 33 heavy (non-hydrogen) atoms. The molecule has 180 valence electrons. The summed E-state index contributed by atoms with van der Waals surface area (Å²) in [4.78, 5) is 51.3. The Morgan fingerprint density at radius 3 is 2.30 bits per heavy atom. The van der Waals surface area contributed by atoms with Gasteiger partial charge in [0.25, 0.3) is 0 Å². The molecular formula is C21H23ClF3N3O5. The lowest BCUT2D eigenvalue weighted by molar-refractivity contribution is -0.274. The summed E-state index contributed by atoms with van der Waals surface area (Å²) in [6.07, 6.45) is -3.03. The number of ether oxygens (including phenoxy) is 1. The van der Waals surface area contributed by atoms with Crippen LogP contribution in [0.1, 0.15) is 38.2 Å². The molecule has 1 aliphatic carbocycles. The van der Waals surface area contributed by atoms with Gasteiger partial charge in [-0.15, -0.1) is 24.8 Å². The van der Waals surface area contributed by atoms with E-state index in [2.05, 4.69) is 10.1 Å². The third-order valence-corrected chi connectivity index (χ3v) is 6.08. The first kappa shape index (κ1) is 24.8. The van der Waals surface area contributed by atoms with Gasteiger partial charge in [-0.25, -0.2) is 0 Å². The molecule has 1 saturated carbocycles. The largest absolute Gasteiger partial charge is 0.573 e. The van der Waals surface area contributed by atoms with Crippen molar-refractivity contribution in [1.29, 1.82) is 0 Å². The van der Waals surface area contributed by atoms with Crippen LogP contribution in [0.25, 0.3) is 0 Å². The van der Waals surface area contributed by atoms with Gasteiger partial charge in [-0.3, -0.25) is 19.2 Å². The number of halogens is 4. The SMILES string of the molecule is CC(Cl)C(=O)C(NC(=O)[C@@H]1CCCN1C(=O)C1(c2ccc(OC(F)(F)F)cc2)CC1)C(N)=O. The van der Waals surface area contributed by atoms with E-state index in [9.17, 15) is 32.3 Å². The van der Waals surface area contributed by atoms with Gasteiger partial charge in [-0.2, -0.15) is 0 Å². The van der Waals surface area contributed by atoms with Crippen LogP contribution in [0.4, 0.5) is 13.2 Å². The Labute approximate surface area is 192 Å². The van der Waals surface area contributed by atoms with Gasteiger partial charge in [0, 0.05) is 6.54 Å². The molecule has 1 aromatic rings. The standard InChI is InChI=1S/C21H23ClF3N3O5/c1-11(22)16(29)15(17(26)30)27-18(31)14-3-2-10-28(14)19(32)20(8-9-20)12-4-6-13(7-5-12)33-21(23,24)25/h4-7,11,14-15H,2-3,8-10H2,1H3,(H2,26,30)(H,27,31)/t11?,14-,15?/m0/s1. The van der Waals surface area contributed by atoms with E-state index in [1.165, 1.54) is 24.0 Å². The number of alkyl halides is 4. The van der Waals surface area contributed by atoms with Crippen molar-refractivity contribution >= 4 is 35.1 Å². The molecule has 0 radical (unpaired) electrons. The molecule has 0 aromatic heterocycles. The number of ketones is 1. The minimum Gasteiger partial charge on any atom is -0.406 e. The zero-order valence-corrected chi connectivity index (χ0v) is 18.4. The number of primary amides is 1. The molecule has 3 rings (SSSR count). The first-order chi connectivity index (χ1) is 15.4. The van der Waals surface area contributed by atoms with Crippen LogP contribution < -0.4 is 15.8 Å². The van der Waals surface area contributed by atoms with Gasteiger partial charge in [-0.05, 0) is 50.3 Å². The van der Waals surface area contributed by atoms with Gasteiger partial charge >= 0.3 is 6.36 Å². The number of carbonyl (C=O) groups is 4. The Morgan fingerprint density at radius 1 is 1.21 bits per heavy atom. The average molecular weight is 490 g/mol. The average Bonchev–Trinajstić information content (AvgIpc) is 3.39. The summed E-state index contributed by atoms with van der Waals surface area (Å²) in [6.45, 7) is 1.63. The van der Waals surface area contributed by atoms with E-state index in [1.54, 1.807) is 0 Å². The Bertz CT molecular complexity index is 947. The number of nitrogens with two attached hydrogens (primary N) is 1. The number of nitrogens with one attached hydrogen (secondary N) is 1. The number of carbonyl (C=O) groups excluding carboxylic acids is 4. The summed E-state index contributed by atoms with van der Waals surface area (Å²) in [5, 5.41) is 1.25. The van der Waals surface area contributed by atoms with Crippen LogP contribution in [-0.4, -0.2) is 58.8 Å². The molecule has 2 unspecified atom stereocenters. The zero-order valence-electron chi connectivity index (χ0n) is 17.7. The van der Waals surface area contributed by atoms with Crippen molar-refractivity contribution in [2.24, 2.45) is 5.73 Å². The molecule has 2 fully saturated rings. The highest BCUT2D eigenvalue weighted by Crippen LogP contribution is 2.50. The summed E-state index contributed by atoms with van der Waals surface area (Å²) in [7, 11) is 0. The van der Waals surface area contributed by atoms with E-state index in [-0.39, 0.29) is 12.5 Å². The Balaban J connectivity index is 1.74. The monoisotopic (exact) mass is 489 g/mol. The van der Waals surface area contributed by atoms with E-state index in [0.29, 0.717) is 31.2 Å². The van der Waals surface area contributed by atoms with Gasteiger partial charge in [0.1, 0.15) is 11.8 Å². The summed E-state index contributed by atoms with van der Waals surface area (Å²) < 4.78 is 41.1. The lowest BCUT2D eigenvalue weighted by atomic mass is 9.93. The molecule has 0 bridgehead atoms. The van der Waals surface area contributed by atoms with Gasteiger partial charge in [0.2, 0.25) is 17.7 Å². The van der Waals surface area contributed by atoms with Gasteiger partial charge in [0.15, 0.2) is 11.8 Å². The molecule has 3 amide bonds. The van der Waals surface area contributed by atoms with Crippen LogP contribution in [0.3, 0.4) is 0 Å². The zero-order chi connectivity index (χ0) is 24.6. The van der Waals surface area contributed by atoms with Crippen LogP contribution in [0.5, 0.6) is 5.75 Å². The molecule has 12 heteroatoms.